The number of thioether (sulfide) groups is 1. The van der Waals surface area contributed by atoms with E-state index in [-0.39, 0.29) is 60.7 Å². The summed E-state index contributed by atoms with van der Waals surface area (Å²) in [5, 5.41) is 39.0. The number of aromatic nitrogens is 1. The van der Waals surface area contributed by atoms with Crippen molar-refractivity contribution in [3.8, 4) is 0 Å². The maximum absolute atomic E-state index is 14.6. The summed E-state index contributed by atoms with van der Waals surface area (Å²) in [5.41, 5.74) is -4.19. The molecular formula is C58H93N3O17S. The van der Waals surface area contributed by atoms with E-state index in [0.717, 1.165) is 10.4 Å². The third-order valence-electron chi connectivity index (χ3n) is 16.5. The van der Waals surface area contributed by atoms with Crippen molar-refractivity contribution in [1.82, 2.24) is 14.8 Å². The fourth-order valence-electron chi connectivity index (χ4n) is 11.7. The highest BCUT2D eigenvalue weighted by Crippen LogP contribution is 2.42. The zero-order chi connectivity index (χ0) is 59.1. The van der Waals surface area contributed by atoms with Crippen LogP contribution in [0.3, 0.4) is 0 Å². The maximum atomic E-state index is 14.6. The highest BCUT2D eigenvalue weighted by atomic mass is 32.2. The van der Waals surface area contributed by atoms with E-state index in [2.05, 4.69) is 5.32 Å². The summed E-state index contributed by atoms with van der Waals surface area (Å²) in [5.74, 6) is -5.35. The van der Waals surface area contributed by atoms with Crippen LogP contribution in [0.1, 0.15) is 132 Å². The number of cyclic esters (lactones) is 1. The standard InChI is InChI=1S/C58H93N3O17S/c1-18-43-58(13,69)50(66)34(7)46(63)32(5)28-56(11,70-16)51(78-55-48(65)42(60(14)15)26-33(6)73-55)35(8)49(36(9)53(67)75-43)77-45-29-57(12,71-17)52(37(10)74-45)76-44(62)22-23-59-24-25-79-38-20-21-41-39(27-38)47(64)40(30-61(41)19-2)54(68)72-31(3)4/h20-21,27,30-37,42-43,45,48-52,55,59,65-66,69H,18-19,22-26,28-29H2,1-17H3/t32-,33+,34-,35+,36+,37-,42-,43-,45+,48-,49+,50+,51-,52+,55-,56+,57-,58+/m0/s1. The number of carbonyl (C=O) groups excluding carboxylic acids is 4. The van der Waals surface area contributed by atoms with Crippen LogP contribution < -0.4 is 10.7 Å². The van der Waals surface area contributed by atoms with Gasteiger partial charge in [-0.1, -0.05) is 27.7 Å². The first kappa shape index (κ1) is 66.2. The zero-order valence-corrected chi connectivity index (χ0v) is 50.6. The van der Waals surface area contributed by atoms with Crippen LogP contribution in [0.15, 0.2) is 34.1 Å². The minimum absolute atomic E-state index is 0.00974. The van der Waals surface area contributed by atoms with Crippen molar-refractivity contribution < 1.29 is 77.1 Å². The Kier molecular flexibility index (Phi) is 23.6. The molecule has 0 radical (unpaired) electrons. The largest absolute Gasteiger partial charge is 0.459 e. The average Bonchev–Trinajstić information content (AvgIpc) is 3.44. The molecule has 0 amide bonds. The van der Waals surface area contributed by atoms with E-state index in [1.165, 1.54) is 32.9 Å². The molecule has 4 N–H and O–H groups in total. The lowest BCUT2D eigenvalue weighted by molar-refractivity contribution is -0.320. The molecular weight excluding hydrogens is 1040 g/mol. The lowest BCUT2D eigenvalue weighted by Crippen LogP contribution is -2.61. The van der Waals surface area contributed by atoms with Gasteiger partial charge in [0.2, 0.25) is 5.43 Å². The van der Waals surface area contributed by atoms with Crippen LogP contribution in [-0.2, 0) is 63.6 Å². The molecule has 21 heteroatoms. The predicted octanol–water partition coefficient (Wildman–Crippen LogP) is 5.66. The molecule has 5 rings (SSSR count). The Morgan fingerprint density at radius 2 is 1.57 bits per heavy atom. The molecule has 20 nitrogen and oxygen atoms in total. The Hall–Kier alpha value is -3.58. The number of rotatable bonds is 19. The highest BCUT2D eigenvalue weighted by Gasteiger charge is 2.55. The van der Waals surface area contributed by atoms with Crippen molar-refractivity contribution in [2.45, 2.75) is 224 Å². The summed E-state index contributed by atoms with van der Waals surface area (Å²) in [4.78, 5) is 71.3. The number of aryl methyl sites for hydroxylation is 1. The minimum Gasteiger partial charge on any atom is -0.459 e. The summed E-state index contributed by atoms with van der Waals surface area (Å²) >= 11 is 1.53. The van der Waals surface area contributed by atoms with Gasteiger partial charge in [0.15, 0.2) is 18.7 Å². The molecule has 1 aromatic heterocycles. The number of methoxy groups -OCH3 is 2. The molecule has 0 saturated carbocycles. The molecule has 1 aromatic carbocycles. The number of nitrogens with one attached hydrogen (secondary N) is 1. The van der Waals surface area contributed by atoms with Gasteiger partial charge in [0.1, 0.15) is 34.8 Å². The SMILES string of the molecule is CC[C@@H]1OC(=O)[C@H](C)[C@H](O[C@@H]2C[C@](C)(OC)[C@H](OC(=O)CCNCCSc3ccc4c(c3)c(=O)c(C(=O)OC(C)C)cn4CC)[C@H](C)O2)[C@@H](C)[C@H](O[C@@H]2O[C@H](C)C[C@H](N(C)C)[C@@H]2O)[C@](C)(OC)C[C@H](C)C(=O)[C@H](C)[C@@H](O)[C@]1(C)O. The van der Waals surface area contributed by atoms with Crippen LogP contribution in [0.4, 0.5) is 0 Å². The number of likely N-dealkylation sites (N-methyl/N-ethyl adjacent to an activating group) is 1. The van der Waals surface area contributed by atoms with E-state index >= 15 is 0 Å². The number of aliphatic hydroxyl groups is 3. The second-order valence-corrected chi connectivity index (χ2v) is 24.4. The Labute approximate surface area is 471 Å². The molecule has 0 aliphatic carbocycles. The second kappa shape index (κ2) is 28.1. The van der Waals surface area contributed by atoms with E-state index in [1.54, 1.807) is 74.6 Å². The molecule has 18 atom stereocenters. The van der Waals surface area contributed by atoms with Crippen LogP contribution in [0, 0.1) is 23.7 Å². The zero-order valence-electron chi connectivity index (χ0n) is 49.8. The number of esters is 3. The number of Topliss-reactive ketones (excluding diaryl/α,β-unsaturated/α-hetero) is 1. The molecule has 3 aliphatic rings. The Morgan fingerprint density at radius 1 is 0.911 bits per heavy atom. The van der Waals surface area contributed by atoms with Crippen LogP contribution >= 0.6 is 11.8 Å². The van der Waals surface area contributed by atoms with Crippen molar-refractivity contribution >= 4 is 46.4 Å². The molecule has 4 heterocycles. The second-order valence-electron chi connectivity index (χ2n) is 23.2. The Bertz CT molecular complexity index is 2440. The molecule has 79 heavy (non-hydrogen) atoms. The fraction of sp³-hybridized carbons (Fsp3) is 0.776. The number of nitrogens with zero attached hydrogens (tertiary/aromatic N) is 2. The van der Waals surface area contributed by atoms with Crippen molar-refractivity contribution in [3.63, 3.8) is 0 Å². The van der Waals surface area contributed by atoms with Gasteiger partial charge >= 0.3 is 17.9 Å². The molecule has 0 bridgehead atoms. The topological polar surface area (TPSA) is 249 Å². The maximum Gasteiger partial charge on any atom is 0.343 e. The van der Waals surface area contributed by atoms with Crippen LogP contribution in [0.5, 0.6) is 0 Å². The fourth-order valence-corrected chi connectivity index (χ4v) is 12.5. The van der Waals surface area contributed by atoms with Crippen molar-refractivity contribution in [3.05, 3.63) is 40.2 Å². The van der Waals surface area contributed by atoms with Gasteiger partial charge in [0, 0.05) is 86.3 Å². The highest BCUT2D eigenvalue weighted by molar-refractivity contribution is 7.99. The monoisotopic (exact) mass is 1140 g/mol. The summed E-state index contributed by atoms with van der Waals surface area (Å²) < 4.78 is 58.6. The third-order valence-corrected chi connectivity index (χ3v) is 17.5. The average molecular weight is 1140 g/mol. The van der Waals surface area contributed by atoms with Gasteiger partial charge in [0.05, 0.1) is 60.1 Å². The Morgan fingerprint density at radius 3 is 2.18 bits per heavy atom. The van der Waals surface area contributed by atoms with E-state index in [1.807, 2.05) is 56.5 Å². The van der Waals surface area contributed by atoms with E-state index < -0.39 is 114 Å². The molecule has 0 unspecified atom stereocenters. The first-order valence-electron chi connectivity index (χ1n) is 28.1. The van der Waals surface area contributed by atoms with Crippen molar-refractivity contribution in [2.24, 2.45) is 23.7 Å². The van der Waals surface area contributed by atoms with E-state index in [9.17, 15) is 39.3 Å². The first-order chi connectivity index (χ1) is 37.0. The molecule has 448 valence electrons. The number of hydrogen-bond acceptors (Lipinski definition) is 20. The number of pyridine rings is 1. The number of benzene rings is 1. The van der Waals surface area contributed by atoms with Crippen LogP contribution in [-0.4, -0.2) is 186 Å². The van der Waals surface area contributed by atoms with Crippen LogP contribution in [0.25, 0.3) is 10.9 Å². The van der Waals surface area contributed by atoms with Gasteiger partial charge in [-0.15, -0.1) is 11.8 Å². The van der Waals surface area contributed by atoms with Gasteiger partial charge in [-0.05, 0) is 114 Å². The normalized spacial score (nSPS) is 36.3. The summed E-state index contributed by atoms with van der Waals surface area (Å²) in [6.45, 7) is 23.8. The smallest absolute Gasteiger partial charge is 0.343 e. The molecule has 3 saturated heterocycles. The lowest BCUT2D eigenvalue weighted by Gasteiger charge is -2.50. The van der Waals surface area contributed by atoms with E-state index in [4.69, 9.17) is 42.6 Å². The number of fused-ring (bicyclic) bond motifs is 1. The van der Waals surface area contributed by atoms with Gasteiger partial charge in [-0.25, -0.2) is 4.79 Å². The van der Waals surface area contributed by atoms with E-state index in [0.29, 0.717) is 37.2 Å². The number of ketones is 1. The van der Waals surface area contributed by atoms with Crippen LogP contribution in [0.2, 0.25) is 0 Å². The molecule has 2 aromatic rings. The molecule has 0 spiro atoms. The summed E-state index contributed by atoms with van der Waals surface area (Å²) in [6.07, 6.45) is -8.35. The first-order valence-corrected chi connectivity index (χ1v) is 29.1. The molecule has 3 fully saturated rings. The summed E-state index contributed by atoms with van der Waals surface area (Å²) in [6, 6.07) is 5.27. The number of carbonyl (C=O) groups is 4. The van der Waals surface area contributed by atoms with Gasteiger partial charge in [-0.2, -0.15) is 0 Å². The quantitative estimate of drug-likeness (QED) is 0.0573. The third kappa shape index (κ3) is 15.6. The van der Waals surface area contributed by atoms with Crippen molar-refractivity contribution in [1.29, 1.82) is 0 Å². The van der Waals surface area contributed by atoms with Gasteiger partial charge < -0.3 is 72.7 Å². The minimum atomic E-state index is -2.03. The van der Waals surface area contributed by atoms with Gasteiger partial charge in [0.25, 0.3) is 0 Å². The van der Waals surface area contributed by atoms with Crippen molar-refractivity contribution in [2.75, 3.05) is 47.2 Å². The number of aliphatic hydroxyl groups excluding tert-OH is 2. The lowest BCUT2D eigenvalue weighted by atomic mass is 9.74. The molecule has 3 aliphatic heterocycles. The predicted molar refractivity (Wildman–Crippen MR) is 298 cm³/mol. The Balaban J connectivity index is 1.34. The summed E-state index contributed by atoms with van der Waals surface area (Å²) in [7, 11) is 6.74. The number of hydrogen-bond donors (Lipinski definition) is 4. The van der Waals surface area contributed by atoms with Gasteiger partial charge in [-0.3, -0.25) is 19.2 Å². The number of ether oxygens (including phenoxy) is 9.